The molecule has 4 rings (SSSR count). The van der Waals surface area contributed by atoms with Gasteiger partial charge in [-0.1, -0.05) is 46.7 Å². The van der Waals surface area contributed by atoms with E-state index in [2.05, 4.69) is 10.3 Å². The molecule has 0 spiro atoms. The third-order valence-corrected chi connectivity index (χ3v) is 5.72. The predicted molar refractivity (Wildman–Crippen MR) is 111 cm³/mol. The van der Waals surface area contributed by atoms with Crippen LogP contribution >= 0.6 is 34.5 Å². The van der Waals surface area contributed by atoms with Crippen molar-refractivity contribution in [3.8, 4) is 0 Å². The Bertz CT molecular complexity index is 1220. The molecule has 7 heteroatoms. The maximum Gasteiger partial charge on any atom is 0.305 e. The number of benzene rings is 2. The molecule has 0 radical (unpaired) electrons. The second-order valence-corrected chi connectivity index (χ2v) is 8.04. The fraction of sp³-hybridized carbons (Fsp3) is 0.100. The van der Waals surface area contributed by atoms with Crippen molar-refractivity contribution in [1.82, 2.24) is 4.98 Å². The van der Waals surface area contributed by atoms with Crippen molar-refractivity contribution in [3.05, 3.63) is 83.2 Å². The van der Waals surface area contributed by atoms with Crippen LogP contribution in [-0.4, -0.2) is 10.9 Å². The summed E-state index contributed by atoms with van der Waals surface area (Å²) in [5.41, 5.74) is 3.21. The van der Waals surface area contributed by atoms with E-state index >= 15 is 0 Å². The van der Waals surface area contributed by atoms with Crippen LogP contribution in [0.5, 0.6) is 0 Å². The SMILES string of the molecule is O=C(Nc1ccc(Cl)c(Cl)c1)c1cccc(/C=c2\sc(=O)[nH]c2=C2CC2)c1. The summed E-state index contributed by atoms with van der Waals surface area (Å²) in [6, 6.07) is 12.2. The number of amides is 1. The Morgan fingerprint density at radius 1 is 1.11 bits per heavy atom. The first-order valence-corrected chi connectivity index (χ1v) is 9.86. The van der Waals surface area contributed by atoms with E-state index in [1.165, 1.54) is 16.9 Å². The molecule has 1 aromatic heterocycles. The summed E-state index contributed by atoms with van der Waals surface area (Å²) in [6.45, 7) is 0. The Morgan fingerprint density at radius 3 is 2.67 bits per heavy atom. The van der Waals surface area contributed by atoms with Gasteiger partial charge in [0.25, 0.3) is 5.91 Å². The Kier molecular flexibility index (Phi) is 4.91. The monoisotopic (exact) mass is 416 g/mol. The van der Waals surface area contributed by atoms with Gasteiger partial charge in [0, 0.05) is 11.3 Å². The molecule has 0 bridgehead atoms. The van der Waals surface area contributed by atoms with Crippen molar-refractivity contribution in [2.24, 2.45) is 0 Å². The lowest BCUT2D eigenvalue weighted by Gasteiger charge is -2.07. The van der Waals surface area contributed by atoms with E-state index in [0.717, 1.165) is 28.3 Å². The Hall–Kier alpha value is -2.34. The van der Waals surface area contributed by atoms with Gasteiger partial charge >= 0.3 is 4.87 Å². The van der Waals surface area contributed by atoms with Crippen LogP contribution in [0.1, 0.15) is 28.8 Å². The first kappa shape index (κ1) is 18.0. The fourth-order valence-electron chi connectivity index (χ4n) is 2.72. The number of nitrogens with one attached hydrogen (secondary N) is 2. The third-order valence-electron chi connectivity index (χ3n) is 4.15. The average molecular weight is 417 g/mol. The normalized spacial score (nSPS) is 13.7. The fourth-order valence-corrected chi connectivity index (χ4v) is 3.86. The first-order valence-electron chi connectivity index (χ1n) is 8.29. The molecule has 0 saturated heterocycles. The van der Waals surface area contributed by atoms with Crippen molar-refractivity contribution >= 4 is 57.8 Å². The average Bonchev–Trinajstić information content (AvgIpc) is 3.42. The van der Waals surface area contributed by atoms with E-state index in [1.54, 1.807) is 30.3 Å². The van der Waals surface area contributed by atoms with Crippen molar-refractivity contribution in [2.75, 3.05) is 5.32 Å². The highest BCUT2D eigenvalue weighted by atomic mass is 35.5. The van der Waals surface area contributed by atoms with Gasteiger partial charge in [0.1, 0.15) is 0 Å². The Balaban J connectivity index is 1.64. The van der Waals surface area contributed by atoms with Crippen LogP contribution in [0, 0.1) is 0 Å². The predicted octanol–water partition coefficient (Wildman–Crippen LogP) is 3.77. The Morgan fingerprint density at radius 2 is 1.93 bits per heavy atom. The molecule has 136 valence electrons. The summed E-state index contributed by atoms with van der Waals surface area (Å²) in [5, 5.41) is 4.54. The van der Waals surface area contributed by atoms with Gasteiger partial charge in [0.05, 0.1) is 19.9 Å². The van der Waals surface area contributed by atoms with E-state index in [0.29, 0.717) is 21.3 Å². The molecular formula is C20H14Cl2N2O2S. The van der Waals surface area contributed by atoms with Gasteiger partial charge in [-0.2, -0.15) is 0 Å². The smallest absolute Gasteiger partial charge is 0.305 e. The lowest BCUT2D eigenvalue weighted by atomic mass is 10.1. The topological polar surface area (TPSA) is 62.0 Å². The lowest BCUT2D eigenvalue weighted by Crippen LogP contribution is -2.22. The number of anilines is 1. The molecule has 1 heterocycles. The largest absolute Gasteiger partial charge is 0.322 e. The van der Waals surface area contributed by atoms with Gasteiger partial charge in [-0.25, -0.2) is 0 Å². The number of carbonyl (C=O) groups excluding carboxylic acids is 1. The highest BCUT2D eigenvalue weighted by Gasteiger charge is 2.14. The zero-order valence-corrected chi connectivity index (χ0v) is 16.3. The summed E-state index contributed by atoms with van der Waals surface area (Å²) in [6.07, 6.45) is 3.98. The molecule has 2 aromatic carbocycles. The number of halogens is 2. The quantitative estimate of drug-likeness (QED) is 0.682. The molecule has 1 aliphatic rings. The number of rotatable bonds is 3. The van der Waals surface area contributed by atoms with Crippen molar-refractivity contribution in [1.29, 1.82) is 0 Å². The molecule has 3 aromatic rings. The third kappa shape index (κ3) is 4.16. The maximum absolute atomic E-state index is 12.5. The van der Waals surface area contributed by atoms with Gasteiger partial charge in [0.2, 0.25) is 0 Å². The molecule has 1 fully saturated rings. The van der Waals surface area contributed by atoms with E-state index in [4.69, 9.17) is 23.2 Å². The van der Waals surface area contributed by atoms with Crippen molar-refractivity contribution in [3.63, 3.8) is 0 Å². The molecule has 4 nitrogen and oxygen atoms in total. The molecule has 1 saturated carbocycles. The van der Waals surface area contributed by atoms with Crippen molar-refractivity contribution < 1.29 is 4.79 Å². The maximum atomic E-state index is 12.5. The molecular weight excluding hydrogens is 403 g/mol. The summed E-state index contributed by atoms with van der Waals surface area (Å²) in [5.74, 6) is -0.248. The zero-order chi connectivity index (χ0) is 19.0. The van der Waals surface area contributed by atoms with Crippen LogP contribution in [-0.2, 0) is 0 Å². The van der Waals surface area contributed by atoms with Crippen LogP contribution < -0.4 is 20.1 Å². The molecule has 1 aliphatic carbocycles. The molecule has 0 aliphatic heterocycles. The zero-order valence-electron chi connectivity index (χ0n) is 14.0. The number of hydrogen-bond acceptors (Lipinski definition) is 3. The second kappa shape index (κ2) is 7.35. The van der Waals surface area contributed by atoms with E-state index in [1.807, 2.05) is 18.2 Å². The highest BCUT2D eigenvalue weighted by molar-refractivity contribution is 7.07. The Labute approximate surface area is 168 Å². The van der Waals surface area contributed by atoms with Gasteiger partial charge in [0.15, 0.2) is 0 Å². The van der Waals surface area contributed by atoms with Gasteiger partial charge in [-0.3, -0.25) is 9.59 Å². The van der Waals surface area contributed by atoms with Gasteiger partial charge < -0.3 is 10.3 Å². The number of carbonyl (C=O) groups is 1. The highest BCUT2D eigenvalue weighted by Crippen LogP contribution is 2.27. The minimum Gasteiger partial charge on any atom is -0.322 e. The van der Waals surface area contributed by atoms with Crippen LogP contribution in [0.4, 0.5) is 5.69 Å². The number of H-pyrrole nitrogens is 1. The van der Waals surface area contributed by atoms with Crippen LogP contribution in [0.25, 0.3) is 11.6 Å². The molecule has 0 atom stereocenters. The summed E-state index contributed by atoms with van der Waals surface area (Å²) in [4.78, 5) is 27.1. The van der Waals surface area contributed by atoms with E-state index < -0.39 is 0 Å². The number of thiazole rings is 1. The van der Waals surface area contributed by atoms with E-state index in [9.17, 15) is 9.59 Å². The summed E-state index contributed by atoms with van der Waals surface area (Å²) >= 11 is 13.1. The minimum atomic E-state index is -0.248. The standard InChI is InChI=1S/C20H14Cl2N2O2S/c21-15-7-6-14(10-16(15)22)23-19(25)13-3-1-2-11(8-13)9-17-18(12-4-5-12)24-20(26)27-17/h1-3,6-10H,4-5H2,(H,23,25)(H,24,26)/b17-9-. The molecule has 0 unspecified atom stereocenters. The molecule has 2 N–H and O–H groups in total. The van der Waals surface area contributed by atoms with Gasteiger partial charge in [-0.05, 0) is 60.4 Å². The lowest BCUT2D eigenvalue weighted by molar-refractivity contribution is 0.102. The van der Waals surface area contributed by atoms with Gasteiger partial charge in [-0.15, -0.1) is 0 Å². The van der Waals surface area contributed by atoms with Crippen LogP contribution in [0.15, 0.2) is 47.3 Å². The van der Waals surface area contributed by atoms with Crippen LogP contribution in [0.3, 0.4) is 0 Å². The number of aromatic nitrogens is 1. The van der Waals surface area contributed by atoms with Crippen LogP contribution in [0.2, 0.25) is 10.0 Å². The molecule has 27 heavy (non-hydrogen) atoms. The van der Waals surface area contributed by atoms with E-state index in [-0.39, 0.29) is 10.8 Å². The number of hydrogen-bond donors (Lipinski definition) is 2. The van der Waals surface area contributed by atoms with Crippen molar-refractivity contribution in [2.45, 2.75) is 12.8 Å². The first-order chi connectivity index (χ1) is 13.0. The second-order valence-electron chi connectivity index (χ2n) is 6.21. The summed E-state index contributed by atoms with van der Waals surface area (Å²) in [7, 11) is 0. The molecule has 1 amide bonds. The minimum absolute atomic E-state index is 0.0656. The summed E-state index contributed by atoms with van der Waals surface area (Å²) < 4.78 is 0.898. The number of aromatic amines is 1.